The minimum atomic E-state index is -3.79. The average molecular weight is 479 g/mol. The van der Waals surface area contributed by atoms with Crippen LogP contribution in [0.2, 0.25) is 0 Å². The summed E-state index contributed by atoms with van der Waals surface area (Å²) in [5.74, 6) is -1.16. The minimum absolute atomic E-state index is 0.171. The Balaban J connectivity index is 1.60. The molecule has 1 saturated carbocycles. The Bertz CT molecular complexity index is 1160. The lowest BCUT2D eigenvalue weighted by atomic mass is 9.87. The number of aryl methyl sites for hydroxylation is 1. The van der Waals surface area contributed by atoms with Gasteiger partial charge in [-0.2, -0.15) is 0 Å². The Hall–Kier alpha value is -3.00. The average Bonchev–Trinajstić information content (AvgIpc) is 2.85. The zero-order valence-electron chi connectivity index (χ0n) is 19.2. The number of rotatable bonds is 7. The molecule has 7 heteroatoms. The summed E-state index contributed by atoms with van der Waals surface area (Å²) in [6.07, 6.45) is 2.68. The second-order valence-electron chi connectivity index (χ2n) is 8.83. The third-order valence-electron chi connectivity index (χ3n) is 6.42. The summed E-state index contributed by atoms with van der Waals surface area (Å²) < 4.78 is 28.8. The van der Waals surface area contributed by atoms with E-state index in [0.717, 1.165) is 34.6 Å². The van der Waals surface area contributed by atoms with Crippen molar-refractivity contribution in [1.29, 1.82) is 0 Å². The lowest BCUT2D eigenvalue weighted by molar-refractivity contribution is -0.181. The number of hydrogen-bond donors (Lipinski definition) is 2. The van der Waals surface area contributed by atoms with Gasteiger partial charge in [0.15, 0.2) is 0 Å². The Morgan fingerprint density at radius 1 is 0.882 bits per heavy atom. The molecule has 0 saturated heterocycles. The molecular weight excluding hydrogens is 448 g/mol. The van der Waals surface area contributed by atoms with Crippen LogP contribution in [-0.4, -0.2) is 36.7 Å². The standard InChI is InChI=1S/C27H30N2O4S/c1-20-16-18-23(19-17-20)34(32,33)28-24-14-8-9-15-25(24)29(31)27(30)26(21-10-4-2-5-11-21)22-12-6-3-7-13-22/h2-7,10-13,16-19,24-26,28,31H,8-9,14-15H2,1H3/t24-,25-/m1/s1. The van der Waals surface area contributed by atoms with Crippen molar-refractivity contribution in [3.05, 3.63) is 102 Å². The monoisotopic (exact) mass is 478 g/mol. The molecule has 0 radical (unpaired) electrons. The van der Waals surface area contributed by atoms with Crippen molar-refractivity contribution in [3.63, 3.8) is 0 Å². The first-order valence-corrected chi connectivity index (χ1v) is 13.1. The van der Waals surface area contributed by atoms with Crippen LogP contribution < -0.4 is 4.72 Å². The van der Waals surface area contributed by atoms with Crippen LogP contribution in [0, 0.1) is 6.92 Å². The highest BCUT2D eigenvalue weighted by molar-refractivity contribution is 7.89. The van der Waals surface area contributed by atoms with Crippen LogP contribution in [0.1, 0.15) is 48.3 Å². The normalized spacial score (nSPS) is 18.6. The van der Waals surface area contributed by atoms with Gasteiger partial charge in [-0.05, 0) is 43.0 Å². The van der Waals surface area contributed by atoms with Gasteiger partial charge in [-0.25, -0.2) is 18.2 Å². The van der Waals surface area contributed by atoms with Gasteiger partial charge >= 0.3 is 0 Å². The molecule has 3 aromatic rings. The Morgan fingerprint density at radius 3 is 1.97 bits per heavy atom. The molecule has 0 aliphatic heterocycles. The molecule has 1 fully saturated rings. The van der Waals surface area contributed by atoms with Gasteiger partial charge in [0.25, 0.3) is 5.91 Å². The maximum Gasteiger partial charge on any atom is 0.258 e. The topological polar surface area (TPSA) is 86.7 Å². The summed E-state index contributed by atoms with van der Waals surface area (Å²) in [4.78, 5) is 13.8. The Labute approximate surface area is 201 Å². The molecule has 4 rings (SSSR count). The number of nitrogens with zero attached hydrogens (tertiary/aromatic N) is 1. The Morgan fingerprint density at radius 2 is 1.41 bits per heavy atom. The van der Waals surface area contributed by atoms with Gasteiger partial charge in [0.1, 0.15) is 0 Å². The Kier molecular flexibility index (Phi) is 7.46. The highest BCUT2D eigenvalue weighted by Crippen LogP contribution is 2.30. The van der Waals surface area contributed by atoms with Crippen LogP contribution in [0.25, 0.3) is 0 Å². The fourth-order valence-electron chi connectivity index (χ4n) is 4.59. The summed E-state index contributed by atoms with van der Waals surface area (Å²) in [5.41, 5.74) is 2.50. The maximum atomic E-state index is 13.7. The van der Waals surface area contributed by atoms with Crippen molar-refractivity contribution in [1.82, 2.24) is 9.79 Å². The van der Waals surface area contributed by atoms with E-state index in [1.54, 1.807) is 24.3 Å². The highest BCUT2D eigenvalue weighted by Gasteiger charge is 2.38. The van der Waals surface area contributed by atoms with E-state index in [4.69, 9.17) is 0 Å². The quantitative estimate of drug-likeness (QED) is 0.383. The van der Waals surface area contributed by atoms with Gasteiger partial charge in [-0.15, -0.1) is 0 Å². The molecule has 0 heterocycles. The van der Waals surface area contributed by atoms with E-state index in [1.807, 2.05) is 67.6 Å². The summed E-state index contributed by atoms with van der Waals surface area (Å²) in [5, 5.41) is 11.9. The zero-order chi connectivity index (χ0) is 24.1. The van der Waals surface area contributed by atoms with Crippen LogP contribution in [0.5, 0.6) is 0 Å². The molecule has 1 aliphatic carbocycles. The van der Waals surface area contributed by atoms with E-state index >= 15 is 0 Å². The molecule has 0 bridgehead atoms. The highest BCUT2D eigenvalue weighted by atomic mass is 32.2. The third-order valence-corrected chi connectivity index (χ3v) is 7.93. The van der Waals surface area contributed by atoms with Gasteiger partial charge < -0.3 is 0 Å². The molecule has 178 valence electrons. The van der Waals surface area contributed by atoms with Crippen molar-refractivity contribution < 1.29 is 18.4 Å². The molecule has 34 heavy (non-hydrogen) atoms. The second-order valence-corrected chi connectivity index (χ2v) is 10.5. The van der Waals surface area contributed by atoms with E-state index in [9.17, 15) is 18.4 Å². The van der Waals surface area contributed by atoms with E-state index in [-0.39, 0.29) is 4.90 Å². The van der Waals surface area contributed by atoms with Gasteiger partial charge in [0.2, 0.25) is 10.0 Å². The third kappa shape index (κ3) is 5.38. The molecule has 1 aliphatic rings. The molecular formula is C27H30N2O4S. The van der Waals surface area contributed by atoms with Crippen molar-refractivity contribution >= 4 is 15.9 Å². The lowest BCUT2D eigenvalue weighted by Gasteiger charge is -2.37. The molecule has 2 N–H and O–H groups in total. The second kappa shape index (κ2) is 10.5. The number of carbonyl (C=O) groups is 1. The molecule has 1 amide bonds. The molecule has 0 aromatic heterocycles. The zero-order valence-corrected chi connectivity index (χ0v) is 20.0. The van der Waals surface area contributed by atoms with E-state index in [1.165, 1.54) is 0 Å². The molecule has 0 spiro atoms. The maximum absolute atomic E-state index is 13.7. The first-order valence-electron chi connectivity index (χ1n) is 11.6. The van der Waals surface area contributed by atoms with E-state index in [2.05, 4.69) is 4.72 Å². The number of hydroxylamine groups is 2. The largest absolute Gasteiger partial charge is 0.286 e. The number of benzene rings is 3. The number of hydrogen-bond acceptors (Lipinski definition) is 4. The van der Waals surface area contributed by atoms with Crippen molar-refractivity contribution in [3.8, 4) is 0 Å². The van der Waals surface area contributed by atoms with Gasteiger partial charge in [-0.1, -0.05) is 91.2 Å². The SMILES string of the molecule is Cc1ccc(S(=O)(=O)N[C@@H]2CCCC[C@H]2N(O)C(=O)C(c2ccccc2)c2ccccc2)cc1. The smallest absolute Gasteiger partial charge is 0.258 e. The fourth-order valence-corrected chi connectivity index (χ4v) is 5.89. The van der Waals surface area contributed by atoms with Gasteiger partial charge in [0.05, 0.1) is 16.9 Å². The van der Waals surface area contributed by atoms with E-state index < -0.39 is 33.9 Å². The predicted octanol–water partition coefficient (Wildman–Crippen LogP) is 4.63. The molecule has 6 nitrogen and oxygen atoms in total. The lowest BCUT2D eigenvalue weighted by Crippen LogP contribution is -2.54. The predicted molar refractivity (Wildman–Crippen MR) is 131 cm³/mol. The van der Waals surface area contributed by atoms with Crippen LogP contribution in [0.3, 0.4) is 0 Å². The van der Waals surface area contributed by atoms with Crippen LogP contribution in [0.15, 0.2) is 89.8 Å². The van der Waals surface area contributed by atoms with E-state index in [0.29, 0.717) is 12.8 Å². The fraction of sp³-hybridized carbons (Fsp3) is 0.296. The van der Waals surface area contributed by atoms with Crippen molar-refractivity contribution in [2.75, 3.05) is 0 Å². The van der Waals surface area contributed by atoms with Gasteiger partial charge in [-0.3, -0.25) is 10.0 Å². The minimum Gasteiger partial charge on any atom is -0.286 e. The van der Waals surface area contributed by atoms with Crippen molar-refractivity contribution in [2.24, 2.45) is 0 Å². The van der Waals surface area contributed by atoms with Crippen LogP contribution in [-0.2, 0) is 14.8 Å². The summed E-state index contributed by atoms with van der Waals surface area (Å²) >= 11 is 0. The summed E-state index contributed by atoms with van der Waals surface area (Å²) in [7, 11) is -3.79. The number of carbonyl (C=O) groups excluding carboxylic acids is 1. The molecule has 0 unspecified atom stereocenters. The molecule has 2 atom stereocenters. The van der Waals surface area contributed by atoms with Crippen molar-refractivity contribution in [2.45, 2.75) is 55.5 Å². The first-order chi connectivity index (χ1) is 16.4. The van der Waals surface area contributed by atoms with Gasteiger partial charge in [0, 0.05) is 6.04 Å². The number of nitrogens with one attached hydrogen (secondary N) is 1. The first kappa shape index (κ1) is 24.1. The number of amides is 1. The van der Waals surface area contributed by atoms with Crippen LogP contribution >= 0.6 is 0 Å². The van der Waals surface area contributed by atoms with Crippen LogP contribution in [0.4, 0.5) is 0 Å². The summed E-state index contributed by atoms with van der Waals surface area (Å²) in [6, 6.07) is 24.0. The summed E-state index contributed by atoms with van der Waals surface area (Å²) in [6.45, 7) is 1.89. The molecule has 3 aromatic carbocycles. The number of sulfonamides is 1.